The van der Waals surface area contributed by atoms with Crippen molar-refractivity contribution in [2.24, 2.45) is 0 Å². The van der Waals surface area contributed by atoms with E-state index in [0.717, 1.165) is 12.8 Å². The summed E-state index contributed by atoms with van der Waals surface area (Å²) in [4.78, 5) is 27.0. The summed E-state index contributed by atoms with van der Waals surface area (Å²) in [5, 5.41) is 6.72. The molecule has 0 bridgehead atoms. The molecule has 3 heterocycles. The van der Waals surface area contributed by atoms with Gasteiger partial charge in [0.05, 0.1) is 4.90 Å². The highest BCUT2D eigenvalue weighted by Gasteiger charge is 2.28. The second-order valence-corrected chi connectivity index (χ2v) is 10.4. The van der Waals surface area contributed by atoms with Crippen molar-refractivity contribution in [3.8, 4) is 0 Å². The Kier molecular flexibility index (Phi) is 6.21. The van der Waals surface area contributed by atoms with Gasteiger partial charge in [0, 0.05) is 48.7 Å². The molecule has 0 radical (unpaired) electrons. The zero-order chi connectivity index (χ0) is 21.1. The molecular weight excluding hydrogens is 422 g/mol. The molecule has 9 heteroatoms. The number of nitrogens with zero attached hydrogens (tertiary/aromatic N) is 2. The van der Waals surface area contributed by atoms with E-state index in [4.69, 9.17) is 0 Å². The van der Waals surface area contributed by atoms with E-state index in [2.05, 4.69) is 5.32 Å². The van der Waals surface area contributed by atoms with E-state index >= 15 is 0 Å². The number of hydrogen-bond acceptors (Lipinski definition) is 5. The molecular formula is C21H25N3O4S2. The number of sulfonamides is 1. The van der Waals surface area contributed by atoms with Gasteiger partial charge in [-0.3, -0.25) is 9.59 Å². The number of amides is 2. The first kappa shape index (κ1) is 21.0. The van der Waals surface area contributed by atoms with Crippen LogP contribution in [-0.2, 0) is 10.0 Å². The summed E-state index contributed by atoms with van der Waals surface area (Å²) < 4.78 is 26.7. The Balaban J connectivity index is 1.33. The summed E-state index contributed by atoms with van der Waals surface area (Å²) in [6, 6.07) is 8.08. The quantitative estimate of drug-likeness (QED) is 0.763. The standard InChI is InChI=1S/C21H25N3O4S2/c25-20(17-9-14-29-15-17)22-18-7-12-23(13-8-18)21(26)16-3-5-19(6-4-16)30(27,28)24-10-1-2-11-24/h3-6,9,14-15,18H,1-2,7-8,10-13H2,(H,22,25). The number of nitrogens with one attached hydrogen (secondary N) is 1. The summed E-state index contributed by atoms with van der Waals surface area (Å²) in [5.41, 5.74) is 1.15. The SMILES string of the molecule is O=C(NC1CCN(C(=O)c2ccc(S(=O)(=O)N3CCCC3)cc2)CC1)c1ccsc1. The number of rotatable bonds is 5. The van der Waals surface area contributed by atoms with Crippen LogP contribution in [0.2, 0.25) is 0 Å². The molecule has 0 saturated carbocycles. The van der Waals surface area contributed by atoms with Gasteiger partial charge in [0.15, 0.2) is 0 Å². The van der Waals surface area contributed by atoms with E-state index in [1.54, 1.807) is 23.1 Å². The lowest BCUT2D eigenvalue weighted by Gasteiger charge is -2.32. The first-order valence-electron chi connectivity index (χ1n) is 10.2. The van der Waals surface area contributed by atoms with Crippen LogP contribution in [0.4, 0.5) is 0 Å². The van der Waals surface area contributed by atoms with Crippen molar-refractivity contribution in [3.05, 3.63) is 52.2 Å². The third-order valence-electron chi connectivity index (χ3n) is 5.70. The molecule has 7 nitrogen and oxygen atoms in total. The zero-order valence-electron chi connectivity index (χ0n) is 16.6. The predicted molar refractivity (Wildman–Crippen MR) is 115 cm³/mol. The smallest absolute Gasteiger partial charge is 0.253 e. The van der Waals surface area contributed by atoms with Gasteiger partial charge in [-0.15, -0.1) is 0 Å². The second kappa shape index (κ2) is 8.87. The second-order valence-electron chi connectivity index (χ2n) is 7.69. The van der Waals surface area contributed by atoms with E-state index in [0.29, 0.717) is 50.1 Å². The Bertz CT molecular complexity index is 989. The number of benzene rings is 1. The van der Waals surface area contributed by atoms with Crippen LogP contribution in [0.5, 0.6) is 0 Å². The van der Waals surface area contributed by atoms with Gasteiger partial charge >= 0.3 is 0 Å². The van der Waals surface area contributed by atoms with Gasteiger partial charge in [0.2, 0.25) is 10.0 Å². The number of carbonyl (C=O) groups excluding carboxylic acids is 2. The molecule has 2 saturated heterocycles. The third-order valence-corrected chi connectivity index (χ3v) is 8.30. The number of piperidine rings is 1. The largest absolute Gasteiger partial charge is 0.349 e. The van der Waals surface area contributed by atoms with Crippen molar-refractivity contribution in [2.75, 3.05) is 26.2 Å². The molecule has 1 aromatic carbocycles. The number of hydrogen-bond donors (Lipinski definition) is 1. The molecule has 0 spiro atoms. The number of thiophene rings is 1. The van der Waals surface area contributed by atoms with Crippen molar-refractivity contribution in [1.82, 2.24) is 14.5 Å². The van der Waals surface area contributed by atoms with Gasteiger partial charge in [0.1, 0.15) is 0 Å². The van der Waals surface area contributed by atoms with Gasteiger partial charge in [-0.05, 0) is 61.4 Å². The third kappa shape index (κ3) is 4.43. The summed E-state index contributed by atoms with van der Waals surface area (Å²) in [6.07, 6.45) is 3.17. The first-order chi connectivity index (χ1) is 14.4. The lowest BCUT2D eigenvalue weighted by atomic mass is 10.0. The molecule has 160 valence electrons. The minimum absolute atomic E-state index is 0.0504. The summed E-state index contributed by atoms with van der Waals surface area (Å²) >= 11 is 1.49. The molecule has 2 aromatic rings. The zero-order valence-corrected chi connectivity index (χ0v) is 18.3. The molecule has 4 rings (SSSR count). The molecule has 1 aromatic heterocycles. The van der Waals surface area contributed by atoms with Gasteiger partial charge in [0.25, 0.3) is 11.8 Å². The summed E-state index contributed by atoms with van der Waals surface area (Å²) in [5.74, 6) is -0.182. The van der Waals surface area contributed by atoms with Crippen molar-refractivity contribution >= 4 is 33.2 Å². The molecule has 0 atom stereocenters. The van der Waals surface area contributed by atoms with Crippen LogP contribution in [0, 0.1) is 0 Å². The van der Waals surface area contributed by atoms with Gasteiger partial charge in [-0.2, -0.15) is 15.6 Å². The van der Waals surface area contributed by atoms with E-state index < -0.39 is 10.0 Å². The maximum absolute atomic E-state index is 12.8. The molecule has 1 N–H and O–H groups in total. The average molecular weight is 448 g/mol. The lowest BCUT2D eigenvalue weighted by molar-refractivity contribution is 0.0698. The lowest BCUT2D eigenvalue weighted by Crippen LogP contribution is -2.46. The van der Waals surface area contributed by atoms with Crippen LogP contribution in [0.1, 0.15) is 46.4 Å². The van der Waals surface area contributed by atoms with Crippen LogP contribution in [0.25, 0.3) is 0 Å². The Labute approximate surface area is 180 Å². The van der Waals surface area contributed by atoms with Crippen molar-refractivity contribution in [3.63, 3.8) is 0 Å². The van der Waals surface area contributed by atoms with E-state index in [-0.39, 0.29) is 22.8 Å². The molecule has 2 amide bonds. The van der Waals surface area contributed by atoms with Crippen molar-refractivity contribution in [2.45, 2.75) is 36.6 Å². The minimum Gasteiger partial charge on any atom is -0.349 e. The van der Waals surface area contributed by atoms with E-state index in [1.165, 1.54) is 27.8 Å². The van der Waals surface area contributed by atoms with Gasteiger partial charge < -0.3 is 10.2 Å². The van der Waals surface area contributed by atoms with Crippen LogP contribution in [0.3, 0.4) is 0 Å². The molecule has 2 aliphatic rings. The number of likely N-dealkylation sites (tertiary alicyclic amines) is 1. The van der Waals surface area contributed by atoms with Crippen LogP contribution in [0.15, 0.2) is 46.0 Å². The van der Waals surface area contributed by atoms with E-state index in [1.807, 2.05) is 10.8 Å². The van der Waals surface area contributed by atoms with E-state index in [9.17, 15) is 18.0 Å². The van der Waals surface area contributed by atoms with Crippen LogP contribution < -0.4 is 5.32 Å². The number of carbonyl (C=O) groups is 2. The van der Waals surface area contributed by atoms with Gasteiger partial charge in [-0.25, -0.2) is 8.42 Å². The predicted octanol–water partition coefficient (Wildman–Crippen LogP) is 2.57. The molecule has 2 aliphatic heterocycles. The molecule has 30 heavy (non-hydrogen) atoms. The average Bonchev–Trinajstić information content (AvgIpc) is 3.48. The topological polar surface area (TPSA) is 86.8 Å². The normalized spacial score (nSPS) is 18.5. The fraction of sp³-hybridized carbons (Fsp3) is 0.429. The fourth-order valence-corrected chi connectivity index (χ4v) is 6.07. The Morgan fingerprint density at radius 2 is 1.60 bits per heavy atom. The summed E-state index contributed by atoms with van der Waals surface area (Å²) in [7, 11) is -3.47. The maximum Gasteiger partial charge on any atom is 0.253 e. The fourth-order valence-electron chi connectivity index (χ4n) is 3.92. The maximum atomic E-state index is 12.8. The van der Waals surface area contributed by atoms with Crippen molar-refractivity contribution < 1.29 is 18.0 Å². The highest BCUT2D eigenvalue weighted by Crippen LogP contribution is 2.22. The summed E-state index contributed by atoms with van der Waals surface area (Å²) in [6.45, 7) is 2.23. The Hall–Kier alpha value is -2.23. The molecule has 0 unspecified atom stereocenters. The highest BCUT2D eigenvalue weighted by atomic mass is 32.2. The molecule has 0 aliphatic carbocycles. The first-order valence-corrected chi connectivity index (χ1v) is 12.6. The Morgan fingerprint density at radius 1 is 0.933 bits per heavy atom. The van der Waals surface area contributed by atoms with Crippen LogP contribution in [-0.4, -0.2) is 61.7 Å². The molecule has 2 fully saturated rings. The monoisotopic (exact) mass is 447 g/mol. The highest BCUT2D eigenvalue weighted by molar-refractivity contribution is 7.89. The minimum atomic E-state index is -3.47. The Morgan fingerprint density at radius 3 is 2.20 bits per heavy atom. The van der Waals surface area contributed by atoms with Gasteiger partial charge in [-0.1, -0.05) is 0 Å². The van der Waals surface area contributed by atoms with Crippen molar-refractivity contribution in [1.29, 1.82) is 0 Å². The van der Waals surface area contributed by atoms with Crippen LogP contribution >= 0.6 is 11.3 Å².